The lowest BCUT2D eigenvalue weighted by molar-refractivity contribution is 0.102. The first kappa shape index (κ1) is 20.4. The number of hydrogen-bond donors (Lipinski definition) is 0. The van der Waals surface area contributed by atoms with Crippen LogP contribution < -0.4 is 0 Å². The van der Waals surface area contributed by atoms with Crippen molar-refractivity contribution < 1.29 is 9.21 Å². The average molecular weight is 458 g/mol. The predicted molar refractivity (Wildman–Crippen MR) is 127 cm³/mol. The normalized spacial score (nSPS) is 11.0. The van der Waals surface area contributed by atoms with Crippen molar-refractivity contribution in [1.82, 2.24) is 15.2 Å². The number of fused-ring (bicyclic) bond motifs is 1. The van der Waals surface area contributed by atoms with Crippen LogP contribution in [0.2, 0.25) is 5.02 Å². The summed E-state index contributed by atoms with van der Waals surface area (Å²) in [5.74, 6) is 0.613. The molecule has 2 aromatic heterocycles. The van der Waals surface area contributed by atoms with E-state index < -0.39 is 0 Å². The van der Waals surface area contributed by atoms with Crippen LogP contribution in [0, 0.1) is 0 Å². The second-order valence-electron chi connectivity index (χ2n) is 7.03. The van der Waals surface area contributed by atoms with Gasteiger partial charge in [-0.05, 0) is 24.3 Å². The maximum atomic E-state index is 12.4. The lowest BCUT2D eigenvalue weighted by Crippen LogP contribution is -2.01. The van der Waals surface area contributed by atoms with Gasteiger partial charge < -0.3 is 4.42 Å². The van der Waals surface area contributed by atoms with E-state index in [1.165, 1.54) is 11.8 Å². The fourth-order valence-corrected chi connectivity index (χ4v) is 4.12. The maximum absolute atomic E-state index is 12.4. The lowest BCUT2D eigenvalue weighted by atomic mass is 10.0. The molecular weight excluding hydrogens is 442 g/mol. The van der Waals surface area contributed by atoms with Gasteiger partial charge in [0.05, 0.1) is 22.5 Å². The summed E-state index contributed by atoms with van der Waals surface area (Å²) in [5.41, 5.74) is 3.98. The second-order valence-corrected chi connectivity index (χ2v) is 8.39. The van der Waals surface area contributed by atoms with Crippen molar-refractivity contribution in [3.05, 3.63) is 95.5 Å². The minimum absolute atomic E-state index is 0.00901. The van der Waals surface area contributed by atoms with Crippen molar-refractivity contribution in [2.45, 2.75) is 5.22 Å². The molecule has 0 bridgehead atoms. The summed E-state index contributed by atoms with van der Waals surface area (Å²) in [5, 5.41) is 10.3. The van der Waals surface area contributed by atoms with Gasteiger partial charge in [0.1, 0.15) is 0 Å². The number of carbonyl (C=O) groups excluding carboxylic acids is 1. The third-order valence-corrected chi connectivity index (χ3v) is 5.99. The quantitative estimate of drug-likeness (QED) is 0.212. The van der Waals surface area contributed by atoms with Gasteiger partial charge >= 0.3 is 0 Å². The first-order chi connectivity index (χ1) is 15.7. The van der Waals surface area contributed by atoms with Gasteiger partial charge in [-0.1, -0.05) is 84.0 Å². The molecule has 0 fully saturated rings. The molecule has 0 aliphatic heterocycles. The average Bonchev–Trinajstić information content (AvgIpc) is 3.32. The molecule has 5 nitrogen and oxygen atoms in total. The zero-order valence-electron chi connectivity index (χ0n) is 16.7. The van der Waals surface area contributed by atoms with Gasteiger partial charge in [0.25, 0.3) is 5.22 Å². The number of Topliss-reactive ketones (excluding diaryl/α,β-unsaturated/α-hetero) is 1. The van der Waals surface area contributed by atoms with E-state index in [1.807, 2.05) is 72.8 Å². The van der Waals surface area contributed by atoms with Crippen LogP contribution in [0.5, 0.6) is 0 Å². The highest BCUT2D eigenvalue weighted by Gasteiger charge is 2.16. The Kier molecular flexibility index (Phi) is 5.71. The fourth-order valence-electron chi connectivity index (χ4n) is 3.33. The van der Waals surface area contributed by atoms with E-state index in [9.17, 15) is 4.79 Å². The Morgan fingerprint density at radius 2 is 1.66 bits per heavy atom. The summed E-state index contributed by atoms with van der Waals surface area (Å²) in [6.07, 6.45) is 0. The summed E-state index contributed by atoms with van der Waals surface area (Å²) >= 11 is 7.26. The van der Waals surface area contributed by atoms with Crippen LogP contribution >= 0.6 is 23.4 Å². The Hall–Kier alpha value is -3.48. The summed E-state index contributed by atoms with van der Waals surface area (Å²) in [7, 11) is 0. The first-order valence-electron chi connectivity index (χ1n) is 9.88. The predicted octanol–water partition coefficient (Wildman–Crippen LogP) is 6.58. The van der Waals surface area contributed by atoms with Gasteiger partial charge in [0.2, 0.25) is 5.89 Å². The van der Waals surface area contributed by atoms with Gasteiger partial charge in [0, 0.05) is 21.5 Å². The van der Waals surface area contributed by atoms with Crippen LogP contribution in [0.25, 0.3) is 33.6 Å². The minimum Gasteiger partial charge on any atom is -0.411 e. The summed E-state index contributed by atoms with van der Waals surface area (Å²) in [6.45, 7) is 0. The Morgan fingerprint density at radius 3 is 2.47 bits per heavy atom. The number of carbonyl (C=O) groups is 1. The van der Waals surface area contributed by atoms with E-state index in [0.29, 0.717) is 21.7 Å². The number of hydrogen-bond acceptors (Lipinski definition) is 6. The Morgan fingerprint density at radius 1 is 0.906 bits per heavy atom. The van der Waals surface area contributed by atoms with E-state index in [4.69, 9.17) is 21.0 Å². The minimum atomic E-state index is 0.00901. The van der Waals surface area contributed by atoms with Gasteiger partial charge in [-0.25, -0.2) is 4.98 Å². The molecular formula is C25H16ClN3O2S. The SMILES string of the molecule is O=C(CSc1nnc(-c2cc(-c3ccc(Cl)cc3)nc3ccccc23)o1)c1ccccc1. The number of thioether (sulfide) groups is 1. The highest BCUT2D eigenvalue weighted by molar-refractivity contribution is 7.99. The smallest absolute Gasteiger partial charge is 0.277 e. The molecule has 0 amide bonds. The number of halogens is 1. The number of benzene rings is 3. The highest BCUT2D eigenvalue weighted by atomic mass is 35.5. The number of nitrogens with zero attached hydrogens (tertiary/aromatic N) is 3. The summed E-state index contributed by atoms with van der Waals surface area (Å²) < 4.78 is 5.91. The van der Waals surface area contributed by atoms with E-state index in [1.54, 1.807) is 12.1 Å². The molecule has 5 aromatic rings. The first-order valence-corrected chi connectivity index (χ1v) is 11.2. The molecule has 156 valence electrons. The molecule has 3 aromatic carbocycles. The van der Waals surface area contributed by atoms with Gasteiger partial charge in [-0.15, -0.1) is 10.2 Å². The number of rotatable bonds is 6. The van der Waals surface area contributed by atoms with E-state index in [-0.39, 0.29) is 11.5 Å². The van der Waals surface area contributed by atoms with E-state index in [0.717, 1.165) is 27.7 Å². The fraction of sp³-hybridized carbons (Fsp3) is 0.0400. The zero-order valence-corrected chi connectivity index (χ0v) is 18.3. The van der Waals surface area contributed by atoms with Crippen LogP contribution in [0.1, 0.15) is 10.4 Å². The molecule has 0 N–H and O–H groups in total. The molecule has 0 unspecified atom stereocenters. The molecule has 0 aliphatic rings. The monoisotopic (exact) mass is 457 g/mol. The Labute approximate surface area is 193 Å². The van der Waals surface area contributed by atoms with Gasteiger partial charge in [-0.3, -0.25) is 4.79 Å². The van der Waals surface area contributed by atoms with Crippen molar-refractivity contribution >= 4 is 40.0 Å². The third-order valence-electron chi connectivity index (χ3n) is 4.92. The van der Waals surface area contributed by atoms with E-state index >= 15 is 0 Å². The van der Waals surface area contributed by atoms with Gasteiger partial charge in [-0.2, -0.15) is 0 Å². The summed E-state index contributed by atoms with van der Waals surface area (Å²) in [6, 6.07) is 26.4. The number of aromatic nitrogens is 3. The molecule has 7 heteroatoms. The lowest BCUT2D eigenvalue weighted by Gasteiger charge is -2.07. The molecule has 0 radical (unpaired) electrons. The molecule has 5 rings (SSSR count). The third kappa shape index (κ3) is 4.28. The van der Waals surface area contributed by atoms with Crippen molar-refractivity contribution in [2.75, 3.05) is 5.75 Å². The zero-order chi connectivity index (χ0) is 21.9. The molecule has 0 saturated carbocycles. The highest BCUT2D eigenvalue weighted by Crippen LogP contribution is 2.33. The van der Waals surface area contributed by atoms with Crippen molar-refractivity contribution in [3.63, 3.8) is 0 Å². The topological polar surface area (TPSA) is 68.9 Å². The number of pyridine rings is 1. The van der Waals surface area contributed by atoms with Crippen LogP contribution in [0.3, 0.4) is 0 Å². The molecule has 0 aliphatic carbocycles. The van der Waals surface area contributed by atoms with Crippen LogP contribution in [-0.2, 0) is 0 Å². The van der Waals surface area contributed by atoms with Crippen LogP contribution in [0.4, 0.5) is 0 Å². The second kappa shape index (κ2) is 8.94. The molecule has 32 heavy (non-hydrogen) atoms. The molecule has 0 atom stereocenters. The van der Waals surface area contributed by atoms with Gasteiger partial charge in [0.15, 0.2) is 5.78 Å². The largest absolute Gasteiger partial charge is 0.411 e. The summed E-state index contributed by atoms with van der Waals surface area (Å²) in [4.78, 5) is 17.1. The standard InChI is InChI=1S/C25H16ClN3O2S/c26-18-12-10-16(11-13-18)22-14-20(19-8-4-5-9-21(19)27-22)24-28-29-25(31-24)32-15-23(30)17-6-2-1-3-7-17/h1-14H,15H2. The Bertz CT molecular complexity index is 1400. The van der Waals surface area contributed by atoms with Crippen LogP contribution in [0.15, 0.2) is 94.6 Å². The van der Waals surface area contributed by atoms with Crippen molar-refractivity contribution in [2.24, 2.45) is 0 Å². The molecule has 0 spiro atoms. The Balaban J connectivity index is 1.46. The molecule has 0 saturated heterocycles. The number of para-hydroxylation sites is 1. The number of ketones is 1. The maximum Gasteiger partial charge on any atom is 0.277 e. The molecule has 2 heterocycles. The van der Waals surface area contributed by atoms with Crippen LogP contribution in [-0.4, -0.2) is 26.7 Å². The van der Waals surface area contributed by atoms with E-state index in [2.05, 4.69) is 10.2 Å². The van der Waals surface area contributed by atoms with Crippen molar-refractivity contribution in [1.29, 1.82) is 0 Å². The van der Waals surface area contributed by atoms with Crippen molar-refractivity contribution in [3.8, 4) is 22.7 Å².